The molecule has 0 amide bonds. The Hall–Kier alpha value is -0.600. The van der Waals surface area contributed by atoms with Crippen LogP contribution in [0.15, 0.2) is 23.3 Å². The van der Waals surface area contributed by atoms with Crippen molar-refractivity contribution in [3.63, 3.8) is 0 Å². The number of allylic oxidation sites excluding steroid dienone is 3. The zero-order valence-corrected chi connectivity index (χ0v) is 15.7. The highest BCUT2D eigenvalue weighted by atomic mass is 15.2. The first-order valence-corrected chi connectivity index (χ1v) is 9.90. The molecule has 2 rings (SSSR count). The van der Waals surface area contributed by atoms with Crippen LogP contribution in [0.25, 0.3) is 0 Å². The standard InChI is InChI=1S/C21H38N2/c1-18(2)8-6-9-19(3)13-14-22-15-17-23-16-7-11-20-10-4-5-12-21(20)23/h8,13,20-22H,4-7,9-12,14-17H2,1-3H3/b19-13+. The molecule has 0 aromatic heterocycles. The van der Waals surface area contributed by atoms with E-state index in [1.165, 1.54) is 75.6 Å². The van der Waals surface area contributed by atoms with E-state index in [0.29, 0.717) is 0 Å². The van der Waals surface area contributed by atoms with Gasteiger partial charge in [-0.3, -0.25) is 4.90 Å². The van der Waals surface area contributed by atoms with Crippen molar-refractivity contribution < 1.29 is 0 Å². The highest BCUT2D eigenvalue weighted by Gasteiger charge is 2.32. The summed E-state index contributed by atoms with van der Waals surface area (Å²) < 4.78 is 0. The minimum atomic E-state index is 0.903. The van der Waals surface area contributed by atoms with Crippen molar-refractivity contribution in [1.82, 2.24) is 10.2 Å². The van der Waals surface area contributed by atoms with Gasteiger partial charge in [0.2, 0.25) is 0 Å². The first-order valence-electron chi connectivity index (χ1n) is 9.90. The summed E-state index contributed by atoms with van der Waals surface area (Å²) in [5.74, 6) is 1.01. The van der Waals surface area contributed by atoms with Crippen LogP contribution in [0.4, 0.5) is 0 Å². The van der Waals surface area contributed by atoms with Gasteiger partial charge in [-0.25, -0.2) is 0 Å². The van der Waals surface area contributed by atoms with E-state index in [4.69, 9.17) is 0 Å². The van der Waals surface area contributed by atoms with Crippen molar-refractivity contribution in [2.24, 2.45) is 5.92 Å². The maximum Gasteiger partial charge on any atom is 0.0137 e. The van der Waals surface area contributed by atoms with Gasteiger partial charge >= 0.3 is 0 Å². The van der Waals surface area contributed by atoms with Crippen LogP contribution in [0, 0.1) is 5.92 Å². The second kappa shape index (κ2) is 10.3. The molecule has 1 aliphatic carbocycles. The molecule has 1 aliphatic heterocycles. The van der Waals surface area contributed by atoms with E-state index in [1.807, 2.05) is 0 Å². The molecular formula is C21H38N2. The monoisotopic (exact) mass is 318 g/mol. The molecule has 2 atom stereocenters. The summed E-state index contributed by atoms with van der Waals surface area (Å²) in [6.07, 6.45) is 15.9. The number of nitrogens with zero attached hydrogens (tertiary/aromatic N) is 1. The first-order chi connectivity index (χ1) is 11.2. The maximum atomic E-state index is 3.62. The Bertz CT molecular complexity index is 391. The van der Waals surface area contributed by atoms with Gasteiger partial charge in [-0.2, -0.15) is 0 Å². The van der Waals surface area contributed by atoms with Gasteiger partial charge in [-0.15, -0.1) is 0 Å². The smallest absolute Gasteiger partial charge is 0.0137 e. The predicted octanol–water partition coefficient (Wildman–Crippen LogP) is 4.92. The lowest BCUT2D eigenvalue weighted by atomic mass is 9.78. The summed E-state index contributed by atoms with van der Waals surface area (Å²) in [6.45, 7) is 11.4. The fourth-order valence-electron chi connectivity index (χ4n) is 4.27. The molecule has 1 heterocycles. The molecule has 132 valence electrons. The van der Waals surface area contributed by atoms with Crippen LogP contribution in [-0.4, -0.2) is 37.1 Å². The van der Waals surface area contributed by atoms with Crippen LogP contribution in [-0.2, 0) is 0 Å². The third kappa shape index (κ3) is 6.81. The Morgan fingerprint density at radius 1 is 1.04 bits per heavy atom. The molecule has 0 aromatic carbocycles. The topological polar surface area (TPSA) is 15.3 Å². The van der Waals surface area contributed by atoms with E-state index in [1.54, 1.807) is 0 Å². The molecule has 23 heavy (non-hydrogen) atoms. The third-order valence-electron chi connectivity index (χ3n) is 5.62. The Morgan fingerprint density at radius 2 is 1.83 bits per heavy atom. The number of fused-ring (bicyclic) bond motifs is 1. The van der Waals surface area contributed by atoms with Crippen LogP contribution in [0.5, 0.6) is 0 Å². The molecule has 1 saturated heterocycles. The summed E-state index contributed by atoms with van der Waals surface area (Å²) in [5.41, 5.74) is 2.94. The van der Waals surface area contributed by atoms with Gasteiger partial charge in [0, 0.05) is 25.7 Å². The lowest BCUT2D eigenvalue weighted by Crippen LogP contribution is -2.48. The van der Waals surface area contributed by atoms with Crippen molar-refractivity contribution in [3.05, 3.63) is 23.3 Å². The van der Waals surface area contributed by atoms with Crippen LogP contribution in [0.3, 0.4) is 0 Å². The zero-order valence-electron chi connectivity index (χ0n) is 15.7. The third-order valence-corrected chi connectivity index (χ3v) is 5.62. The zero-order chi connectivity index (χ0) is 16.5. The quantitative estimate of drug-likeness (QED) is 0.504. The van der Waals surface area contributed by atoms with E-state index in [0.717, 1.165) is 25.0 Å². The molecule has 1 saturated carbocycles. The number of nitrogens with one attached hydrogen (secondary N) is 1. The van der Waals surface area contributed by atoms with E-state index in [9.17, 15) is 0 Å². The minimum absolute atomic E-state index is 0.903. The minimum Gasteiger partial charge on any atom is -0.312 e. The SMILES string of the molecule is CC(C)=CCC/C(C)=C/CNCCN1CCCC2CCCCC21. The number of likely N-dealkylation sites (tertiary alicyclic amines) is 1. The normalized spacial score (nSPS) is 26.0. The molecule has 2 heteroatoms. The van der Waals surface area contributed by atoms with Crippen LogP contribution in [0.2, 0.25) is 0 Å². The molecule has 0 spiro atoms. The second-order valence-corrected chi connectivity index (χ2v) is 7.86. The molecular weight excluding hydrogens is 280 g/mol. The average Bonchev–Trinajstić information content (AvgIpc) is 2.54. The summed E-state index contributed by atoms with van der Waals surface area (Å²) in [4.78, 5) is 2.78. The Kier molecular flexibility index (Phi) is 8.39. The molecule has 2 unspecified atom stereocenters. The molecule has 2 aliphatic rings. The van der Waals surface area contributed by atoms with E-state index in [2.05, 4.69) is 43.1 Å². The van der Waals surface area contributed by atoms with Gasteiger partial charge in [0.25, 0.3) is 0 Å². The fraction of sp³-hybridized carbons (Fsp3) is 0.810. The van der Waals surface area contributed by atoms with Gasteiger partial charge < -0.3 is 5.32 Å². The summed E-state index contributed by atoms with van der Waals surface area (Å²) in [7, 11) is 0. The Morgan fingerprint density at radius 3 is 2.65 bits per heavy atom. The number of rotatable bonds is 8. The van der Waals surface area contributed by atoms with Gasteiger partial charge in [0.05, 0.1) is 0 Å². The van der Waals surface area contributed by atoms with Gasteiger partial charge in [-0.05, 0) is 71.8 Å². The molecule has 2 fully saturated rings. The van der Waals surface area contributed by atoms with E-state index < -0.39 is 0 Å². The van der Waals surface area contributed by atoms with Crippen molar-refractivity contribution in [1.29, 1.82) is 0 Å². The number of piperidine rings is 1. The lowest BCUT2D eigenvalue weighted by molar-refractivity contribution is 0.0621. The highest BCUT2D eigenvalue weighted by Crippen LogP contribution is 2.34. The van der Waals surface area contributed by atoms with E-state index >= 15 is 0 Å². The number of hydrogen-bond donors (Lipinski definition) is 1. The first kappa shape index (κ1) is 18.7. The highest BCUT2D eigenvalue weighted by molar-refractivity contribution is 5.02. The predicted molar refractivity (Wildman–Crippen MR) is 102 cm³/mol. The molecule has 0 radical (unpaired) electrons. The van der Waals surface area contributed by atoms with Crippen molar-refractivity contribution in [2.75, 3.05) is 26.2 Å². The van der Waals surface area contributed by atoms with E-state index in [-0.39, 0.29) is 0 Å². The van der Waals surface area contributed by atoms with Crippen molar-refractivity contribution in [2.45, 2.75) is 78.2 Å². The lowest BCUT2D eigenvalue weighted by Gasteiger charge is -2.44. The van der Waals surface area contributed by atoms with Crippen LogP contribution >= 0.6 is 0 Å². The second-order valence-electron chi connectivity index (χ2n) is 7.86. The maximum absolute atomic E-state index is 3.62. The largest absolute Gasteiger partial charge is 0.312 e. The summed E-state index contributed by atoms with van der Waals surface area (Å²) in [5, 5.41) is 3.62. The Balaban J connectivity index is 1.60. The van der Waals surface area contributed by atoms with Crippen molar-refractivity contribution >= 4 is 0 Å². The van der Waals surface area contributed by atoms with Crippen LogP contribution < -0.4 is 5.32 Å². The molecule has 0 aromatic rings. The number of hydrogen-bond acceptors (Lipinski definition) is 2. The molecule has 1 N–H and O–H groups in total. The van der Waals surface area contributed by atoms with Crippen LogP contribution in [0.1, 0.15) is 72.1 Å². The van der Waals surface area contributed by atoms with Gasteiger partial charge in [0.1, 0.15) is 0 Å². The summed E-state index contributed by atoms with van der Waals surface area (Å²) >= 11 is 0. The molecule has 2 nitrogen and oxygen atoms in total. The van der Waals surface area contributed by atoms with Crippen molar-refractivity contribution in [3.8, 4) is 0 Å². The fourth-order valence-corrected chi connectivity index (χ4v) is 4.27. The summed E-state index contributed by atoms with van der Waals surface area (Å²) in [6, 6.07) is 0.903. The Labute approximate surface area is 144 Å². The van der Waals surface area contributed by atoms with Gasteiger partial charge in [0.15, 0.2) is 0 Å². The van der Waals surface area contributed by atoms with Gasteiger partial charge in [-0.1, -0.05) is 36.1 Å². The average molecular weight is 319 g/mol. The molecule has 0 bridgehead atoms.